The Kier molecular flexibility index (Phi) is 6.50. The number of carbonyl (C=O) groups is 3. The van der Waals surface area contributed by atoms with Crippen molar-refractivity contribution in [1.82, 2.24) is 10.2 Å². The van der Waals surface area contributed by atoms with E-state index in [4.69, 9.17) is 4.74 Å². The number of fused-ring (bicyclic) bond motifs is 1. The van der Waals surface area contributed by atoms with E-state index in [1.165, 1.54) is 11.3 Å². The molecule has 1 N–H and O–H groups in total. The summed E-state index contributed by atoms with van der Waals surface area (Å²) >= 11 is 0. The third-order valence-electron chi connectivity index (χ3n) is 5.67. The molecule has 0 saturated carbocycles. The van der Waals surface area contributed by atoms with Crippen LogP contribution >= 0.6 is 0 Å². The molecule has 7 heteroatoms. The zero-order valence-electron chi connectivity index (χ0n) is 17.5. The summed E-state index contributed by atoms with van der Waals surface area (Å²) in [7, 11) is 0. The number of benzene rings is 2. The maximum absolute atomic E-state index is 12.6. The average Bonchev–Trinajstić information content (AvgIpc) is 2.97. The van der Waals surface area contributed by atoms with Gasteiger partial charge >= 0.3 is 0 Å². The summed E-state index contributed by atoms with van der Waals surface area (Å²) in [5, 5.41) is 2.86. The first kappa shape index (κ1) is 20.9. The van der Waals surface area contributed by atoms with E-state index in [2.05, 4.69) is 5.32 Å². The van der Waals surface area contributed by atoms with Gasteiger partial charge in [0.25, 0.3) is 5.91 Å². The van der Waals surface area contributed by atoms with Crippen molar-refractivity contribution >= 4 is 23.4 Å². The highest BCUT2D eigenvalue weighted by Crippen LogP contribution is 2.30. The third-order valence-corrected chi connectivity index (χ3v) is 5.67. The lowest BCUT2D eigenvalue weighted by atomic mass is 10.1. The van der Waals surface area contributed by atoms with Gasteiger partial charge in [-0.1, -0.05) is 24.3 Å². The highest BCUT2D eigenvalue weighted by Gasteiger charge is 2.25. The summed E-state index contributed by atoms with van der Waals surface area (Å²) in [5.41, 5.74) is 2.18. The van der Waals surface area contributed by atoms with Gasteiger partial charge < -0.3 is 15.0 Å². The van der Waals surface area contributed by atoms with E-state index in [0.29, 0.717) is 30.2 Å². The second-order valence-electron chi connectivity index (χ2n) is 7.87. The van der Waals surface area contributed by atoms with E-state index >= 15 is 0 Å². The van der Waals surface area contributed by atoms with E-state index in [1.807, 2.05) is 41.3 Å². The SMILES string of the molecule is O=C(CN1C(=O)CCOc2ccccc21)NCc1ccc(C(=O)N2CCCCC2)cc1. The lowest BCUT2D eigenvalue weighted by Gasteiger charge is -2.26. The predicted octanol–water partition coefficient (Wildman–Crippen LogP) is 2.74. The second-order valence-corrected chi connectivity index (χ2v) is 7.87. The molecule has 1 fully saturated rings. The Morgan fingerprint density at radius 3 is 2.48 bits per heavy atom. The first-order valence-corrected chi connectivity index (χ1v) is 10.8. The summed E-state index contributed by atoms with van der Waals surface area (Å²) in [6, 6.07) is 14.6. The van der Waals surface area contributed by atoms with Gasteiger partial charge in [-0.05, 0) is 49.1 Å². The van der Waals surface area contributed by atoms with Crippen molar-refractivity contribution in [2.24, 2.45) is 0 Å². The third kappa shape index (κ3) is 5.05. The number of nitrogens with one attached hydrogen (secondary N) is 1. The molecule has 0 bridgehead atoms. The number of piperidine rings is 1. The molecule has 162 valence electrons. The molecule has 0 aliphatic carbocycles. The molecule has 2 aliphatic heterocycles. The van der Waals surface area contributed by atoms with Crippen LogP contribution in [0.3, 0.4) is 0 Å². The lowest BCUT2D eigenvalue weighted by Crippen LogP contribution is -2.40. The minimum Gasteiger partial charge on any atom is -0.491 e. The molecule has 0 atom stereocenters. The molecule has 7 nitrogen and oxygen atoms in total. The molecule has 2 heterocycles. The molecular formula is C24H27N3O4. The van der Waals surface area contributed by atoms with Crippen LogP contribution in [0.2, 0.25) is 0 Å². The fourth-order valence-electron chi connectivity index (χ4n) is 3.94. The molecule has 3 amide bonds. The molecule has 0 unspecified atom stereocenters. The smallest absolute Gasteiger partial charge is 0.253 e. The number of anilines is 1. The van der Waals surface area contributed by atoms with E-state index in [9.17, 15) is 14.4 Å². The van der Waals surface area contributed by atoms with E-state index in [-0.39, 0.29) is 30.7 Å². The average molecular weight is 421 g/mol. The molecule has 4 rings (SSSR count). The van der Waals surface area contributed by atoms with Crippen molar-refractivity contribution in [3.63, 3.8) is 0 Å². The van der Waals surface area contributed by atoms with Crippen LogP contribution in [-0.4, -0.2) is 48.9 Å². The molecule has 1 saturated heterocycles. The predicted molar refractivity (Wildman–Crippen MR) is 117 cm³/mol. The number of hydrogen-bond donors (Lipinski definition) is 1. The second kappa shape index (κ2) is 9.64. The summed E-state index contributed by atoms with van der Waals surface area (Å²) in [4.78, 5) is 40.9. The van der Waals surface area contributed by atoms with Gasteiger partial charge in [-0.15, -0.1) is 0 Å². The normalized spacial score (nSPS) is 16.2. The first-order valence-electron chi connectivity index (χ1n) is 10.8. The molecule has 0 radical (unpaired) electrons. The van der Waals surface area contributed by atoms with E-state index in [1.54, 1.807) is 12.1 Å². The fraction of sp³-hybridized carbons (Fsp3) is 0.375. The van der Waals surface area contributed by atoms with Crippen molar-refractivity contribution in [3.8, 4) is 5.75 Å². The zero-order valence-corrected chi connectivity index (χ0v) is 17.5. The first-order chi connectivity index (χ1) is 15.1. The molecular weight excluding hydrogens is 394 g/mol. The Hall–Kier alpha value is -3.35. The molecule has 2 aliphatic rings. The van der Waals surface area contributed by atoms with Crippen LogP contribution < -0.4 is 15.0 Å². The highest BCUT2D eigenvalue weighted by atomic mass is 16.5. The number of rotatable bonds is 5. The Labute approximate surface area is 182 Å². The van der Waals surface area contributed by atoms with Crippen LogP contribution in [0.1, 0.15) is 41.6 Å². The van der Waals surface area contributed by atoms with Gasteiger partial charge in [0.2, 0.25) is 11.8 Å². The Balaban J connectivity index is 1.33. The molecule has 2 aromatic carbocycles. The van der Waals surface area contributed by atoms with Gasteiger partial charge in [0.1, 0.15) is 12.3 Å². The number of likely N-dealkylation sites (tertiary alicyclic amines) is 1. The summed E-state index contributed by atoms with van der Waals surface area (Å²) < 4.78 is 5.61. The minimum atomic E-state index is -0.251. The Morgan fingerprint density at radius 1 is 0.968 bits per heavy atom. The van der Waals surface area contributed by atoms with Crippen molar-refractivity contribution in [2.45, 2.75) is 32.2 Å². The molecule has 0 aromatic heterocycles. The lowest BCUT2D eigenvalue weighted by molar-refractivity contribution is -0.124. The van der Waals surface area contributed by atoms with Gasteiger partial charge in [0.05, 0.1) is 18.7 Å². The molecule has 31 heavy (non-hydrogen) atoms. The minimum absolute atomic E-state index is 0.0647. The van der Waals surface area contributed by atoms with Gasteiger partial charge in [-0.2, -0.15) is 0 Å². The van der Waals surface area contributed by atoms with Crippen LogP contribution in [0, 0.1) is 0 Å². The Bertz CT molecular complexity index is 952. The summed E-state index contributed by atoms with van der Waals surface area (Å²) in [6.45, 7) is 2.21. The number of carbonyl (C=O) groups excluding carboxylic acids is 3. The van der Waals surface area contributed by atoms with Crippen LogP contribution in [0.5, 0.6) is 5.75 Å². The quantitative estimate of drug-likeness (QED) is 0.805. The van der Waals surface area contributed by atoms with Gasteiger partial charge in [-0.3, -0.25) is 19.3 Å². The van der Waals surface area contributed by atoms with Crippen molar-refractivity contribution in [1.29, 1.82) is 0 Å². The van der Waals surface area contributed by atoms with E-state index < -0.39 is 0 Å². The van der Waals surface area contributed by atoms with Gasteiger partial charge in [-0.25, -0.2) is 0 Å². The Morgan fingerprint density at radius 2 is 1.71 bits per heavy atom. The van der Waals surface area contributed by atoms with Crippen molar-refractivity contribution < 1.29 is 19.1 Å². The largest absolute Gasteiger partial charge is 0.491 e. The zero-order chi connectivity index (χ0) is 21.6. The van der Waals surface area contributed by atoms with Gasteiger partial charge in [0.15, 0.2) is 0 Å². The van der Waals surface area contributed by atoms with Crippen LogP contribution in [0.25, 0.3) is 0 Å². The van der Waals surface area contributed by atoms with Gasteiger partial charge in [0, 0.05) is 25.2 Å². The van der Waals surface area contributed by atoms with Crippen LogP contribution in [0.4, 0.5) is 5.69 Å². The fourth-order valence-corrected chi connectivity index (χ4v) is 3.94. The highest BCUT2D eigenvalue weighted by molar-refractivity contribution is 6.00. The number of ether oxygens (including phenoxy) is 1. The van der Waals surface area contributed by atoms with Crippen LogP contribution in [-0.2, 0) is 16.1 Å². The van der Waals surface area contributed by atoms with Crippen molar-refractivity contribution in [2.75, 3.05) is 31.1 Å². The standard InChI is InChI=1S/C24H27N3O4/c28-22(17-27-20-6-2-3-7-21(20)31-15-12-23(27)29)25-16-18-8-10-19(11-9-18)24(30)26-13-4-1-5-14-26/h2-3,6-11H,1,4-5,12-17H2,(H,25,28). The molecule has 2 aromatic rings. The number of nitrogens with zero attached hydrogens (tertiary/aromatic N) is 2. The number of amides is 3. The van der Waals surface area contributed by atoms with Crippen LogP contribution in [0.15, 0.2) is 48.5 Å². The maximum atomic E-state index is 12.6. The monoisotopic (exact) mass is 421 g/mol. The number of para-hydroxylation sites is 2. The molecule has 0 spiro atoms. The number of hydrogen-bond acceptors (Lipinski definition) is 4. The summed E-state index contributed by atoms with van der Waals surface area (Å²) in [5.74, 6) is 0.283. The summed E-state index contributed by atoms with van der Waals surface area (Å²) in [6.07, 6.45) is 3.54. The van der Waals surface area contributed by atoms with Crippen molar-refractivity contribution in [3.05, 3.63) is 59.7 Å². The topological polar surface area (TPSA) is 79.0 Å². The van der Waals surface area contributed by atoms with E-state index in [0.717, 1.165) is 31.5 Å². The maximum Gasteiger partial charge on any atom is 0.253 e.